The highest BCUT2D eigenvalue weighted by atomic mass is 32.1. The minimum atomic E-state index is -4.45. The molecule has 0 aliphatic carbocycles. The molecule has 7 nitrogen and oxygen atoms in total. The monoisotopic (exact) mass is 506 g/mol. The molecule has 1 atom stereocenters. The zero-order valence-corrected chi connectivity index (χ0v) is 20.3. The summed E-state index contributed by atoms with van der Waals surface area (Å²) >= 11 is 5.38. The number of thiocarbonyl (C=S) groups is 1. The molecular weight excluding hydrogens is 481 g/mol. The zero-order valence-electron chi connectivity index (χ0n) is 19.5. The molecule has 1 heterocycles. The fourth-order valence-corrected chi connectivity index (χ4v) is 3.68. The molecule has 2 aromatic carbocycles. The average Bonchev–Trinajstić information content (AvgIpc) is 2.77. The van der Waals surface area contributed by atoms with E-state index in [0.717, 1.165) is 17.7 Å². The fourth-order valence-electron chi connectivity index (χ4n) is 3.42. The number of carbonyl (C=O) groups is 2. The normalized spacial score (nSPS) is 16.2. The number of halogens is 3. The predicted molar refractivity (Wildman–Crippen MR) is 131 cm³/mol. The van der Waals surface area contributed by atoms with Crippen molar-refractivity contribution in [2.45, 2.75) is 39.1 Å². The van der Waals surface area contributed by atoms with Crippen molar-refractivity contribution in [3.05, 3.63) is 70.9 Å². The number of ether oxygens (including phenoxy) is 1. The van der Waals surface area contributed by atoms with Crippen LogP contribution < -0.4 is 16.0 Å². The molecule has 2 amide bonds. The van der Waals surface area contributed by atoms with E-state index in [1.54, 1.807) is 57.0 Å². The smallest absolute Gasteiger partial charge is 0.416 e. The van der Waals surface area contributed by atoms with Gasteiger partial charge >= 0.3 is 18.2 Å². The second-order valence-electron chi connectivity index (χ2n) is 8.17. The number of allylic oxidation sites excluding steroid dienone is 1. The van der Waals surface area contributed by atoms with E-state index in [4.69, 9.17) is 17.0 Å². The average molecular weight is 507 g/mol. The Hall–Kier alpha value is -3.60. The van der Waals surface area contributed by atoms with Crippen molar-refractivity contribution in [3.63, 3.8) is 0 Å². The third kappa shape index (κ3) is 6.30. The number of rotatable bonds is 5. The first-order valence-electron chi connectivity index (χ1n) is 10.7. The quantitative estimate of drug-likeness (QED) is 0.370. The topological polar surface area (TPSA) is 82.7 Å². The van der Waals surface area contributed by atoms with Gasteiger partial charge in [0.25, 0.3) is 0 Å². The summed E-state index contributed by atoms with van der Waals surface area (Å²) in [6, 6.07) is 9.72. The van der Waals surface area contributed by atoms with Crippen molar-refractivity contribution in [3.8, 4) is 0 Å². The molecule has 3 rings (SSSR count). The summed E-state index contributed by atoms with van der Waals surface area (Å²) in [5.74, 6) is -0.456. The van der Waals surface area contributed by atoms with E-state index >= 15 is 0 Å². The number of urea groups is 1. The summed E-state index contributed by atoms with van der Waals surface area (Å²) in [4.78, 5) is 26.8. The van der Waals surface area contributed by atoms with Crippen molar-refractivity contribution in [1.29, 1.82) is 0 Å². The van der Waals surface area contributed by atoms with Crippen molar-refractivity contribution < 1.29 is 27.5 Å². The van der Waals surface area contributed by atoms with Gasteiger partial charge in [-0.2, -0.15) is 13.2 Å². The number of nitrogens with one attached hydrogen (secondary N) is 3. The Morgan fingerprint density at radius 1 is 1.03 bits per heavy atom. The van der Waals surface area contributed by atoms with Crippen LogP contribution in [0.4, 0.5) is 29.3 Å². The van der Waals surface area contributed by atoms with Gasteiger partial charge in [-0.05, 0) is 75.0 Å². The van der Waals surface area contributed by atoms with Gasteiger partial charge in [0.05, 0.1) is 23.3 Å². The molecule has 0 aromatic heterocycles. The Balaban J connectivity index is 1.73. The molecular formula is C24H25F3N4O3S. The second-order valence-corrected chi connectivity index (χ2v) is 8.56. The van der Waals surface area contributed by atoms with Gasteiger partial charge in [-0.3, -0.25) is 0 Å². The highest BCUT2D eigenvalue weighted by Gasteiger charge is 2.34. The van der Waals surface area contributed by atoms with E-state index in [0.29, 0.717) is 22.1 Å². The molecule has 3 N–H and O–H groups in total. The molecule has 0 saturated carbocycles. The number of anilines is 2. The lowest BCUT2D eigenvalue weighted by atomic mass is 9.95. The summed E-state index contributed by atoms with van der Waals surface area (Å²) < 4.78 is 43.5. The van der Waals surface area contributed by atoms with Crippen LogP contribution in [-0.4, -0.2) is 35.2 Å². The summed E-state index contributed by atoms with van der Waals surface area (Å²) in [6.45, 7) is 5.33. The van der Waals surface area contributed by atoms with Crippen LogP contribution in [0.15, 0.2) is 59.8 Å². The molecule has 0 spiro atoms. The standard InChI is InChI=1S/C24H25F3N4O3S/c1-13(2)34-21(32)19-14(3)31(4)23(35)30-20(19)15-5-9-17(10-6-15)28-22(33)29-18-11-7-16(8-12-18)24(25,26)27/h5-13,20H,1-4H3,(H,30,35)(H2,28,29,33). The van der Waals surface area contributed by atoms with Gasteiger partial charge in [0.2, 0.25) is 0 Å². The Labute approximate surface area is 206 Å². The Morgan fingerprint density at radius 3 is 2.03 bits per heavy atom. The number of esters is 1. The second kappa shape index (κ2) is 10.3. The predicted octanol–water partition coefficient (Wildman–Crippen LogP) is 5.44. The van der Waals surface area contributed by atoms with E-state index in [1.807, 2.05) is 0 Å². The first-order valence-corrected chi connectivity index (χ1v) is 11.1. The van der Waals surface area contributed by atoms with Crippen molar-refractivity contribution >= 4 is 40.7 Å². The molecule has 1 aliphatic heterocycles. The molecule has 2 aromatic rings. The van der Waals surface area contributed by atoms with Gasteiger partial charge in [0.1, 0.15) is 0 Å². The number of alkyl halides is 3. The maximum Gasteiger partial charge on any atom is 0.416 e. The number of amides is 2. The van der Waals surface area contributed by atoms with Gasteiger partial charge in [0.15, 0.2) is 5.11 Å². The van der Waals surface area contributed by atoms with E-state index < -0.39 is 29.8 Å². The highest BCUT2D eigenvalue weighted by molar-refractivity contribution is 7.80. The van der Waals surface area contributed by atoms with E-state index in [2.05, 4.69) is 16.0 Å². The Kier molecular flexibility index (Phi) is 7.69. The van der Waals surface area contributed by atoms with Gasteiger partial charge < -0.3 is 25.6 Å². The van der Waals surface area contributed by atoms with Crippen LogP contribution in [0.25, 0.3) is 0 Å². The summed E-state index contributed by atoms with van der Waals surface area (Å²) in [7, 11) is 1.76. The van der Waals surface area contributed by atoms with Crippen LogP contribution in [-0.2, 0) is 15.7 Å². The lowest BCUT2D eigenvalue weighted by Crippen LogP contribution is -2.46. The minimum Gasteiger partial charge on any atom is -0.459 e. The largest absolute Gasteiger partial charge is 0.459 e. The fraction of sp³-hybridized carbons (Fsp3) is 0.292. The molecule has 1 aliphatic rings. The number of nitrogens with zero attached hydrogens (tertiary/aromatic N) is 1. The maximum atomic E-state index is 12.8. The molecule has 0 bridgehead atoms. The lowest BCUT2D eigenvalue weighted by molar-refractivity contribution is -0.143. The molecule has 11 heteroatoms. The van der Waals surface area contributed by atoms with Crippen LogP contribution in [0.5, 0.6) is 0 Å². The molecule has 35 heavy (non-hydrogen) atoms. The van der Waals surface area contributed by atoms with Gasteiger partial charge in [0, 0.05) is 24.1 Å². The third-order valence-electron chi connectivity index (χ3n) is 5.29. The molecule has 186 valence electrons. The van der Waals surface area contributed by atoms with Gasteiger partial charge in [-0.1, -0.05) is 12.1 Å². The van der Waals surface area contributed by atoms with Crippen molar-refractivity contribution in [2.24, 2.45) is 0 Å². The molecule has 0 saturated heterocycles. The van der Waals surface area contributed by atoms with Crippen LogP contribution in [0, 0.1) is 0 Å². The maximum absolute atomic E-state index is 12.8. The Morgan fingerprint density at radius 2 is 1.54 bits per heavy atom. The van der Waals surface area contributed by atoms with E-state index in [1.165, 1.54) is 12.1 Å². The molecule has 0 radical (unpaired) electrons. The summed E-state index contributed by atoms with van der Waals surface area (Å²) in [6.07, 6.45) is -4.74. The minimum absolute atomic E-state index is 0.213. The Bertz CT molecular complexity index is 1150. The third-order valence-corrected chi connectivity index (χ3v) is 5.68. The highest BCUT2D eigenvalue weighted by Crippen LogP contribution is 2.32. The van der Waals surface area contributed by atoms with Gasteiger partial charge in [-0.25, -0.2) is 9.59 Å². The SMILES string of the molecule is CC1=C(C(=O)OC(C)C)C(c2ccc(NC(=O)Nc3ccc(C(F)(F)F)cc3)cc2)NC(=S)N1C. The zero-order chi connectivity index (χ0) is 25.9. The van der Waals surface area contributed by atoms with Crippen LogP contribution >= 0.6 is 12.2 Å². The van der Waals surface area contributed by atoms with E-state index in [-0.39, 0.29) is 11.8 Å². The van der Waals surface area contributed by atoms with Crippen molar-refractivity contribution in [2.75, 3.05) is 17.7 Å². The summed E-state index contributed by atoms with van der Waals surface area (Å²) in [5, 5.41) is 8.70. The summed E-state index contributed by atoms with van der Waals surface area (Å²) in [5.41, 5.74) is 1.68. The number of benzene rings is 2. The van der Waals surface area contributed by atoms with E-state index in [9.17, 15) is 22.8 Å². The van der Waals surface area contributed by atoms with Crippen LogP contribution in [0.2, 0.25) is 0 Å². The first-order chi connectivity index (χ1) is 16.4. The molecule has 0 fully saturated rings. The lowest BCUT2D eigenvalue weighted by Gasteiger charge is -2.35. The number of hydrogen-bond acceptors (Lipinski definition) is 4. The van der Waals surface area contributed by atoms with Crippen LogP contribution in [0.1, 0.15) is 37.9 Å². The number of carbonyl (C=O) groups excluding carboxylic acids is 2. The molecule has 1 unspecified atom stereocenters. The van der Waals surface area contributed by atoms with Crippen LogP contribution in [0.3, 0.4) is 0 Å². The number of hydrogen-bond donors (Lipinski definition) is 3. The van der Waals surface area contributed by atoms with Crippen molar-refractivity contribution in [1.82, 2.24) is 10.2 Å². The first kappa shape index (κ1) is 26.0. The van der Waals surface area contributed by atoms with Gasteiger partial charge in [-0.15, -0.1) is 0 Å².